The van der Waals surface area contributed by atoms with Gasteiger partial charge in [0.2, 0.25) is 6.30 Å². The molecule has 0 spiro atoms. The molecule has 1 aromatic heterocycles. The van der Waals surface area contributed by atoms with Gasteiger partial charge in [0.25, 0.3) is 5.91 Å². The monoisotopic (exact) mass is 520 g/mol. The molecule has 2 aromatic carbocycles. The topological polar surface area (TPSA) is 42.4 Å². The normalized spacial score (nSPS) is 11.9. The molecule has 0 fully saturated rings. The molecule has 1 amide bonds. The van der Waals surface area contributed by atoms with E-state index >= 15 is 4.39 Å². The third kappa shape index (κ3) is 5.69. The van der Waals surface area contributed by atoms with E-state index < -0.39 is 41.8 Å². The Morgan fingerprint density at radius 1 is 1.06 bits per heavy atom. The van der Waals surface area contributed by atoms with Crippen LogP contribution in [0.2, 0.25) is 15.1 Å². The molecule has 0 aliphatic rings. The summed E-state index contributed by atoms with van der Waals surface area (Å²) in [6.07, 6.45) is -0.544. The second-order valence-corrected chi connectivity index (χ2v) is 8.12. The number of ether oxygens (including phenoxy) is 1. The number of alkyl halides is 1. The molecule has 0 aliphatic carbocycles. The van der Waals surface area contributed by atoms with Crippen LogP contribution >= 0.6 is 34.8 Å². The maximum Gasteiger partial charge on any atom is 0.258 e. The van der Waals surface area contributed by atoms with E-state index in [9.17, 15) is 18.0 Å². The summed E-state index contributed by atoms with van der Waals surface area (Å²) in [4.78, 5) is 17.1. The van der Waals surface area contributed by atoms with Crippen LogP contribution in [0.15, 0.2) is 42.7 Å². The van der Waals surface area contributed by atoms with Crippen molar-refractivity contribution in [3.8, 4) is 5.75 Å². The Morgan fingerprint density at radius 2 is 1.73 bits per heavy atom. The van der Waals surface area contributed by atoms with Crippen molar-refractivity contribution in [3.63, 3.8) is 0 Å². The summed E-state index contributed by atoms with van der Waals surface area (Å²) in [5, 5.41) is 0.403. The van der Waals surface area contributed by atoms with Crippen molar-refractivity contribution in [1.82, 2.24) is 9.88 Å². The first-order chi connectivity index (χ1) is 15.6. The van der Waals surface area contributed by atoms with Gasteiger partial charge >= 0.3 is 0 Å². The van der Waals surface area contributed by atoms with Crippen LogP contribution in [-0.4, -0.2) is 28.9 Å². The minimum absolute atomic E-state index is 0.0329. The molecule has 11 heteroatoms. The van der Waals surface area contributed by atoms with E-state index in [1.54, 1.807) is 0 Å². The van der Waals surface area contributed by atoms with Gasteiger partial charge in [-0.25, -0.2) is 17.6 Å². The van der Waals surface area contributed by atoms with Crippen molar-refractivity contribution in [2.75, 3.05) is 13.2 Å². The Balaban J connectivity index is 1.90. The average molecular weight is 522 g/mol. The van der Waals surface area contributed by atoms with Gasteiger partial charge in [-0.3, -0.25) is 9.78 Å². The van der Waals surface area contributed by atoms with Gasteiger partial charge in [0.1, 0.15) is 12.4 Å². The highest BCUT2D eigenvalue weighted by Crippen LogP contribution is 2.36. The van der Waals surface area contributed by atoms with Crippen molar-refractivity contribution in [2.45, 2.75) is 13.2 Å². The molecule has 1 unspecified atom stereocenters. The number of halogens is 7. The maximum absolute atomic E-state index is 15.4. The molecule has 174 valence electrons. The highest BCUT2D eigenvalue weighted by Gasteiger charge is 2.30. The first kappa shape index (κ1) is 25.1. The lowest BCUT2D eigenvalue weighted by Crippen LogP contribution is -2.37. The zero-order valence-corrected chi connectivity index (χ0v) is 19.2. The smallest absolute Gasteiger partial charge is 0.258 e. The van der Waals surface area contributed by atoms with Crippen LogP contribution in [0.1, 0.15) is 27.8 Å². The lowest BCUT2D eigenvalue weighted by atomic mass is 10.1. The van der Waals surface area contributed by atoms with Gasteiger partial charge in [0, 0.05) is 16.8 Å². The summed E-state index contributed by atoms with van der Waals surface area (Å²) in [5.41, 5.74) is -1.04. The molecular formula is C22H15Cl3F4N2O2. The zero-order valence-electron chi connectivity index (χ0n) is 16.9. The fraction of sp³-hybridized carbons (Fsp3) is 0.182. The van der Waals surface area contributed by atoms with Crippen LogP contribution in [0, 0.1) is 24.4 Å². The lowest BCUT2D eigenvalue weighted by molar-refractivity contribution is 0.0394. The van der Waals surface area contributed by atoms with Crippen LogP contribution in [0.3, 0.4) is 0 Å². The number of aryl methyl sites for hydroxylation is 1. The Labute approximate surface area is 201 Å². The third-order valence-corrected chi connectivity index (χ3v) is 5.37. The molecule has 1 atom stereocenters. The van der Waals surface area contributed by atoms with Crippen molar-refractivity contribution in [1.29, 1.82) is 0 Å². The van der Waals surface area contributed by atoms with Gasteiger partial charge in [-0.05, 0) is 30.7 Å². The molecule has 0 aliphatic heterocycles. The molecule has 3 aromatic rings. The predicted molar refractivity (Wildman–Crippen MR) is 117 cm³/mol. The number of pyridine rings is 1. The molecule has 0 bridgehead atoms. The molecule has 0 radical (unpaired) electrons. The fourth-order valence-corrected chi connectivity index (χ4v) is 3.86. The van der Waals surface area contributed by atoms with Gasteiger partial charge in [0.15, 0.2) is 17.4 Å². The number of benzene rings is 2. The van der Waals surface area contributed by atoms with Gasteiger partial charge in [-0.1, -0.05) is 46.9 Å². The van der Waals surface area contributed by atoms with Gasteiger partial charge in [-0.15, -0.1) is 0 Å². The zero-order chi connectivity index (χ0) is 24.3. The molecule has 0 saturated heterocycles. The van der Waals surface area contributed by atoms with Crippen LogP contribution in [0.4, 0.5) is 17.6 Å². The van der Waals surface area contributed by atoms with Crippen LogP contribution in [-0.2, 0) is 0 Å². The van der Waals surface area contributed by atoms with Crippen molar-refractivity contribution >= 4 is 40.7 Å². The molecule has 33 heavy (non-hydrogen) atoms. The van der Waals surface area contributed by atoms with Crippen LogP contribution < -0.4 is 4.74 Å². The van der Waals surface area contributed by atoms with Gasteiger partial charge in [0.05, 0.1) is 28.4 Å². The Bertz CT molecular complexity index is 1170. The summed E-state index contributed by atoms with van der Waals surface area (Å²) in [5.74, 6) is -4.51. The number of carbonyl (C=O) groups excluding carboxylic acids is 1. The number of aromatic nitrogens is 1. The van der Waals surface area contributed by atoms with Crippen LogP contribution in [0.25, 0.3) is 0 Å². The van der Waals surface area contributed by atoms with E-state index in [-0.39, 0.29) is 38.6 Å². The van der Waals surface area contributed by atoms with E-state index in [1.807, 2.05) is 0 Å². The van der Waals surface area contributed by atoms with Gasteiger partial charge in [-0.2, -0.15) is 0 Å². The van der Waals surface area contributed by atoms with Crippen molar-refractivity contribution in [3.05, 3.63) is 91.9 Å². The number of nitrogens with zero attached hydrogens (tertiary/aromatic N) is 2. The molecule has 4 nitrogen and oxygen atoms in total. The summed E-state index contributed by atoms with van der Waals surface area (Å²) in [7, 11) is 0. The van der Waals surface area contributed by atoms with E-state index in [1.165, 1.54) is 25.1 Å². The molecule has 0 saturated carbocycles. The van der Waals surface area contributed by atoms with E-state index in [0.29, 0.717) is 4.90 Å². The number of hydrogen-bond donors (Lipinski definition) is 0. The quantitative estimate of drug-likeness (QED) is 0.249. The summed E-state index contributed by atoms with van der Waals surface area (Å²) < 4.78 is 62.9. The molecular weight excluding hydrogens is 507 g/mol. The number of carbonyl (C=O) groups is 1. The summed E-state index contributed by atoms with van der Waals surface area (Å²) in [6.45, 7) is 0.511. The first-order valence-electron chi connectivity index (χ1n) is 9.37. The Morgan fingerprint density at radius 3 is 2.36 bits per heavy atom. The van der Waals surface area contributed by atoms with Gasteiger partial charge < -0.3 is 9.64 Å². The lowest BCUT2D eigenvalue weighted by Gasteiger charge is -2.27. The van der Waals surface area contributed by atoms with E-state index in [2.05, 4.69) is 4.98 Å². The molecule has 3 rings (SSSR count). The predicted octanol–water partition coefficient (Wildman–Crippen LogP) is 6.96. The minimum Gasteiger partial charge on any atom is -0.489 e. The van der Waals surface area contributed by atoms with Crippen molar-refractivity contribution in [2.24, 2.45) is 0 Å². The minimum atomic E-state index is -2.42. The Hall–Kier alpha value is -2.55. The summed E-state index contributed by atoms with van der Waals surface area (Å²) >= 11 is 17.9. The highest BCUT2D eigenvalue weighted by molar-refractivity contribution is 6.40. The van der Waals surface area contributed by atoms with Crippen molar-refractivity contribution < 1.29 is 27.1 Å². The second kappa shape index (κ2) is 10.6. The average Bonchev–Trinajstić information content (AvgIpc) is 2.76. The molecule has 1 heterocycles. The second-order valence-electron chi connectivity index (χ2n) is 6.87. The SMILES string of the molecule is Cc1ccc(C(F)N(CCOc2c(Cl)cc(Cl)cc2Cl)C(=O)c2cncc(F)c2)c(F)c1F. The van der Waals surface area contributed by atoms with Crippen LogP contribution in [0.5, 0.6) is 5.75 Å². The Kier molecular flexibility index (Phi) is 8.05. The maximum atomic E-state index is 15.4. The number of rotatable bonds is 7. The number of hydrogen-bond acceptors (Lipinski definition) is 3. The highest BCUT2D eigenvalue weighted by atomic mass is 35.5. The molecule has 0 N–H and O–H groups in total. The van der Waals surface area contributed by atoms with E-state index in [0.717, 1.165) is 24.5 Å². The summed E-state index contributed by atoms with van der Waals surface area (Å²) in [6, 6.07) is 5.78. The van der Waals surface area contributed by atoms with E-state index in [4.69, 9.17) is 39.5 Å². The fourth-order valence-electron chi connectivity index (χ4n) is 2.94. The first-order valence-corrected chi connectivity index (χ1v) is 10.5. The largest absolute Gasteiger partial charge is 0.489 e. The number of amides is 1. The standard InChI is InChI=1S/C22H15Cl3F4N2O2/c1-11-2-3-15(19(28)18(11)27)21(29)31(22(32)12-6-14(26)10-30-9-12)4-5-33-20-16(24)7-13(23)8-17(20)25/h2-3,6-10,21H,4-5H2,1H3. The third-order valence-electron chi connectivity index (χ3n) is 4.59.